The Bertz CT molecular complexity index is 1260. The number of methoxy groups -OCH3 is 1. The summed E-state index contributed by atoms with van der Waals surface area (Å²) in [6.45, 7) is 0.368. The predicted octanol–water partition coefficient (Wildman–Crippen LogP) is 5.78. The van der Waals surface area contributed by atoms with Gasteiger partial charge < -0.3 is 9.47 Å². The van der Waals surface area contributed by atoms with Gasteiger partial charge in [0.2, 0.25) is 0 Å². The monoisotopic (exact) mass is 497 g/mol. The summed E-state index contributed by atoms with van der Waals surface area (Å²) in [6.07, 6.45) is 1.56. The van der Waals surface area contributed by atoms with Crippen LogP contribution in [0.4, 0.5) is 0 Å². The topological polar surface area (TPSA) is 72.8 Å². The molecule has 0 saturated heterocycles. The minimum absolute atomic E-state index is 0.205. The Labute approximate surface area is 204 Å². The lowest BCUT2D eigenvalue weighted by Crippen LogP contribution is -2.19. The van der Waals surface area contributed by atoms with Gasteiger partial charge in [-0.2, -0.15) is 5.10 Å². The van der Waals surface area contributed by atoms with Crippen LogP contribution in [0.2, 0.25) is 5.02 Å². The highest BCUT2D eigenvalue weighted by Gasteiger charge is 2.08. The minimum atomic E-state index is -0.205. The molecule has 3 aromatic carbocycles. The number of thiazole rings is 1. The van der Waals surface area contributed by atoms with E-state index >= 15 is 0 Å². The molecule has 1 heterocycles. The van der Waals surface area contributed by atoms with Crippen LogP contribution in [-0.4, -0.2) is 30.0 Å². The molecule has 0 fully saturated rings. The minimum Gasteiger partial charge on any atom is -0.493 e. The van der Waals surface area contributed by atoms with Crippen LogP contribution in [0.15, 0.2) is 76.2 Å². The Hall–Kier alpha value is -3.07. The van der Waals surface area contributed by atoms with Gasteiger partial charge in [0.05, 0.1) is 29.3 Å². The number of nitrogens with zero attached hydrogens (tertiary/aromatic N) is 2. The molecule has 1 amide bonds. The van der Waals surface area contributed by atoms with E-state index in [1.165, 1.54) is 11.8 Å². The first-order chi connectivity index (χ1) is 16.1. The Kier molecular flexibility index (Phi) is 7.83. The number of hydrogen-bond donors (Lipinski definition) is 1. The van der Waals surface area contributed by atoms with Crippen molar-refractivity contribution in [3.63, 3.8) is 0 Å². The number of ether oxygens (including phenoxy) is 2. The van der Waals surface area contributed by atoms with E-state index in [0.29, 0.717) is 23.1 Å². The van der Waals surface area contributed by atoms with Crippen molar-refractivity contribution >= 4 is 57.0 Å². The first-order valence-electron chi connectivity index (χ1n) is 9.96. The van der Waals surface area contributed by atoms with Crippen molar-refractivity contribution in [1.82, 2.24) is 10.4 Å². The molecule has 1 N–H and O–H groups in total. The highest BCUT2D eigenvalue weighted by Crippen LogP contribution is 2.30. The summed E-state index contributed by atoms with van der Waals surface area (Å²) in [7, 11) is 1.57. The fraction of sp³-hybridized carbons (Fsp3) is 0.125. The van der Waals surface area contributed by atoms with Gasteiger partial charge in [-0.05, 0) is 53.6 Å². The number of carbonyl (C=O) groups excluding carboxylic acids is 1. The second-order valence-corrected chi connectivity index (χ2v) is 9.55. The van der Waals surface area contributed by atoms with Crippen molar-refractivity contribution in [1.29, 1.82) is 0 Å². The number of amides is 1. The van der Waals surface area contributed by atoms with Gasteiger partial charge in [-0.25, -0.2) is 10.4 Å². The number of para-hydroxylation sites is 1. The van der Waals surface area contributed by atoms with Crippen molar-refractivity contribution in [2.45, 2.75) is 10.9 Å². The zero-order chi connectivity index (χ0) is 23.0. The number of benzene rings is 3. The standard InChI is InChI=1S/C24H20ClN3O3S2/c1-30-21-12-16(9-10-20(21)31-14-17-5-4-6-18(25)11-17)13-26-28-23(29)15-32-24-27-19-7-2-3-8-22(19)33-24/h2-13H,14-15H2,1H3,(H,28,29). The summed E-state index contributed by atoms with van der Waals surface area (Å²) in [4.78, 5) is 16.6. The molecule has 0 aliphatic carbocycles. The van der Waals surface area contributed by atoms with Gasteiger partial charge in [-0.15, -0.1) is 11.3 Å². The number of aromatic nitrogens is 1. The lowest BCUT2D eigenvalue weighted by molar-refractivity contribution is -0.118. The van der Waals surface area contributed by atoms with Crippen molar-refractivity contribution in [3.8, 4) is 11.5 Å². The smallest absolute Gasteiger partial charge is 0.250 e. The highest BCUT2D eigenvalue weighted by atomic mass is 35.5. The first kappa shape index (κ1) is 23.1. The van der Waals surface area contributed by atoms with Gasteiger partial charge in [0, 0.05) is 5.02 Å². The first-order valence-corrected chi connectivity index (χ1v) is 12.1. The molecule has 33 heavy (non-hydrogen) atoms. The molecular formula is C24H20ClN3O3S2. The third kappa shape index (κ3) is 6.47. The van der Waals surface area contributed by atoms with Gasteiger partial charge in [-0.1, -0.05) is 47.6 Å². The van der Waals surface area contributed by atoms with Crippen molar-refractivity contribution in [3.05, 3.63) is 82.9 Å². The molecule has 0 unspecified atom stereocenters. The molecule has 168 valence electrons. The Morgan fingerprint density at radius 3 is 2.85 bits per heavy atom. The predicted molar refractivity (Wildman–Crippen MR) is 135 cm³/mol. The van der Waals surface area contributed by atoms with Gasteiger partial charge >= 0.3 is 0 Å². The fourth-order valence-electron chi connectivity index (χ4n) is 2.92. The van der Waals surface area contributed by atoms with E-state index in [1.54, 1.807) is 36.8 Å². The average molecular weight is 498 g/mol. The second-order valence-electron chi connectivity index (χ2n) is 6.86. The number of carbonyl (C=O) groups is 1. The van der Waals surface area contributed by atoms with Crippen LogP contribution in [-0.2, 0) is 11.4 Å². The average Bonchev–Trinajstić information content (AvgIpc) is 3.25. The van der Waals surface area contributed by atoms with E-state index in [-0.39, 0.29) is 11.7 Å². The van der Waals surface area contributed by atoms with Crippen LogP contribution in [0.5, 0.6) is 11.5 Å². The van der Waals surface area contributed by atoms with Crippen LogP contribution in [0.25, 0.3) is 10.2 Å². The van der Waals surface area contributed by atoms with E-state index < -0.39 is 0 Å². The number of hydrazone groups is 1. The Morgan fingerprint density at radius 1 is 1.15 bits per heavy atom. The second kappa shape index (κ2) is 11.2. The number of nitrogens with one attached hydrogen (secondary N) is 1. The van der Waals surface area contributed by atoms with E-state index in [9.17, 15) is 4.79 Å². The van der Waals surface area contributed by atoms with Gasteiger partial charge in [0.1, 0.15) is 6.61 Å². The van der Waals surface area contributed by atoms with E-state index in [4.69, 9.17) is 21.1 Å². The Morgan fingerprint density at radius 2 is 2.03 bits per heavy atom. The summed E-state index contributed by atoms with van der Waals surface area (Å²) in [5.41, 5.74) is 5.21. The maximum Gasteiger partial charge on any atom is 0.250 e. The lowest BCUT2D eigenvalue weighted by Gasteiger charge is -2.11. The molecular weight excluding hydrogens is 478 g/mol. The van der Waals surface area contributed by atoms with Crippen LogP contribution in [0.3, 0.4) is 0 Å². The maximum absolute atomic E-state index is 12.1. The molecule has 4 rings (SSSR count). The normalized spacial score (nSPS) is 11.1. The number of hydrogen-bond acceptors (Lipinski definition) is 7. The molecule has 0 atom stereocenters. The molecule has 0 aliphatic heterocycles. The number of halogens is 1. The molecule has 4 aromatic rings. The number of fused-ring (bicyclic) bond motifs is 1. The van der Waals surface area contributed by atoms with E-state index in [1.807, 2.05) is 54.6 Å². The van der Waals surface area contributed by atoms with Crippen LogP contribution >= 0.6 is 34.7 Å². The maximum atomic E-state index is 12.1. The molecule has 6 nitrogen and oxygen atoms in total. The molecule has 0 radical (unpaired) electrons. The fourth-order valence-corrected chi connectivity index (χ4v) is 5.00. The summed E-state index contributed by atoms with van der Waals surface area (Å²) in [6, 6.07) is 20.8. The van der Waals surface area contributed by atoms with Crippen LogP contribution in [0.1, 0.15) is 11.1 Å². The van der Waals surface area contributed by atoms with E-state index in [0.717, 1.165) is 25.7 Å². The lowest BCUT2D eigenvalue weighted by atomic mass is 10.2. The molecule has 0 aliphatic rings. The zero-order valence-corrected chi connectivity index (χ0v) is 20.0. The largest absolute Gasteiger partial charge is 0.493 e. The summed E-state index contributed by atoms with van der Waals surface area (Å²) in [5.74, 6) is 1.20. The molecule has 0 spiro atoms. The van der Waals surface area contributed by atoms with Crippen molar-refractivity contribution in [2.75, 3.05) is 12.9 Å². The van der Waals surface area contributed by atoms with Crippen molar-refractivity contribution < 1.29 is 14.3 Å². The number of rotatable bonds is 9. The van der Waals surface area contributed by atoms with Gasteiger partial charge in [0.25, 0.3) is 5.91 Å². The van der Waals surface area contributed by atoms with Crippen LogP contribution < -0.4 is 14.9 Å². The molecule has 1 aromatic heterocycles. The van der Waals surface area contributed by atoms with Gasteiger partial charge in [-0.3, -0.25) is 4.79 Å². The highest BCUT2D eigenvalue weighted by molar-refractivity contribution is 8.01. The molecule has 0 bridgehead atoms. The Balaban J connectivity index is 1.29. The number of thioether (sulfide) groups is 1. The summed E-state index contributed by atoms with van der Waals surface area (Å²) >= 11 is 8.97. The molecule has 9 heteroatoms. The van der Waals surface area contributed by atoms with Crippen LogP contribution in [0, 0.1) is 0 Å². The zero-order valence-electron chi connectivity index (χ0n) is 17.7. The van der Waals surface area contributed by atoms with E-state index in [2.05, 4.69) is 15.5 Å². The summed E-state index contributed by atoms with van der Waals surface area (Å²) < 4.78 is 13.2. The van der Waals surface area contributed by atoms with Crippen molar-refractivity contribution in [2.24, 2.45) is 5.10 Å². The summed E-state index contributed by atoms with van der Waals surface area (Å²) in [5, 5.41) is 4.70. The third-order valence-corrected chi connectivity index (χ3v) is 6.89. The quantitative estimate of drug-likeness (QED) is 0.180. The SMILES string of the molecule is COc1cc(C=NNC(=O)CSc2nc3ccccc3s2)ccc1OCc1cccc(Cl)c1. The van der Waals surface area contributed by atoms with Gasteiger partial charge in [0.15, 0.2) is 15.8 Å². The third-order valence-electron chi connectivity index (χ3n) is 4.47. The molecule has 0 saturated carbocycles.